The van der Waals surface area contributed by atoms with Gasteiger partial charge in [-0.1, -0.05) is 60.8 Å². The van der Waals surface area contributed by atoms with E-state index >= 15 is 0 Å². The van der Waals surface area contributed by atoms with Crippen LogP contribution in [0.4, 0.5) is 0 Å². The molecule has 3 aliphatic rings. The predicted octanol–water partition coefficient (Wildman–Crippen LogP) is 2.72. The van der Waals surface area contributed by atoms with Crippen molar-refractivity contribution in [2.24, 2.45) is 0 Å². The fraction of sp³-hybridized carbons (Fsp3) is 0.524. The second kappa shape index (κ2) is 8.30. The highest BCUT2D eigenvalue weighted by Crippen LogP contribution is 2.46. The van der Waals surface area contributed by atoms with Gasteiger partial charge in [0.25, 0.3) is 17.7 Å². The van der Waals surface area contributed by atoms with Crippen LogP contribution in [0.2, 0.25) is 0 Å². The van der Waals surface area contributed by atoms with Crippen LogP contribution >= 0.6 is 46.6 Å². The molecule has 8 nitrogen and oxygen atoms in total. The summed E-state index contributed by atoms with van der Waals surface area (Å²) in [6.45, 7) is 4.66. The number of alkyl halides is 3. The zero-order chi connectivity index (χ0) is 24.5. The molecule has 0 radical (unpaired) electrons. The second-order valence-corrected chi connectivity index (χ2v) is 12.4. The number of carbonyl (C=O) groups excluding carboxylic acids is 4. The summed E-state index contributed by atoms with van der Waals surface area (Å²) in [7, 11) is 0. The number of esters is 1. The van der Waals surface area contributed by atoms with E-state index in [9.17, 15) is 24.3 Å². The van der Waals surface area contributed by atoms with Gasteiger partial charge in [0.2, 0.25) is 3.79 Å². The number of thioether (sulfide) groups is 1. The number of rotatable bonds is 4. The van der Waals surface area contributed by atoms with Crippen molar-refractivity contribution in [3.05, 3.63) is 34.9 Å². The topological polar surface area (TPSA) is 104 Å². The largest absolute Gasteiger partial charge is 0.460 e. The molecule has 4 rings (SSSR count). The first-order valence-corrected chi connectivity index (χ1v) is 12.3. The number of hydrogen-bond acceptors (Lipinski definition) is 7. The summed E-state index contributed by atoms with van der Waals surface area (Å²) in [4.78, 5) is 54.5. The summed E-state index contributed by atoms with van der Waals surface area (Å²) in [5.74, 6) is -2.60. The fourth-order valence-electron chi connectivity index (χ4n) is 4.45. The Kier molecular flexibility index (Phi) is 6.19. The number of aliphatic hydroxyl groups is 1. The lowest BCUT2D eigenvalue weighted by atomic mass is 9.90. The van der Waals surface area contributed by atoms with E-state index in [1.54, 1.807) is 18.2 Å². The molecule has 0 saturated carbocycles. The van der Waals surface area contributed by atoms with Gasteiger partial charge in [0.15, 0.2) is 6.04 Å². The van der Waals surface area contributed by atoms with Crippen molar-refractivity contribution >= 4 is 70.3 Å². The molecule has 0 aromatic heterocycles. The minimum atomic E-state index is -1.86. The van der Waals surface area contributed by atoms with Crippen LogP contribution in [0.15, 0.2) is 18.2 Å². The first-order chi connectivity index (χ1) is 15.3. The van der Waals surface area contributed by atoms with Gasteiger partial charge in [-0.2, -0.15) is 0 Å². The Morgan fingerprint density at radius 2 is 1.94 bits per heavy atom. The van der Waals surface area contributed by atoms with Crippen molar-refractivity contribution < 1.29 is 29.0 Å². The van der Waals surface area contributed by atoms with Crippen molar-refractivity contribution in [2.75, 3.05) is 12.4 Å². The molecular weight excluding hydrogens is 515 g/mol. The average molecular weight is 536 g/mol. The Labute approximate surface area is 209 Å². The van der Waals surface area contributed by atoms with Crippen LogP contribution < -0.4 is 0 Å². The molecule has 0 bridgehead atoms. The van der Waals surface area contributed by atoms with E-state index in [2.05, 4.69) is 0 Å². The summed E-state index contributed by atoms with van der Waals surface area (Å²) in [6, 6.07) is 2.60. The van der Waals surface area contributed by atoms with Crippen molar-refractivity contribution in [1.29, 1.82) is 0 Å². The number of fused-ring (bicyclic) bond motifs is 2. The van der Waals surface area contributed by atoms with Crippen LogP contribution in [0.1, 0.15) is 53.0 Å². The van der Waals surface area contributed by atoms with Gasteiger partial charge in [-0.15, -0.1) is 11.8 Å². The van der Waals surface area contributed by atoms with Crippen molar-refractivity contribution in [2.45, 2.75) is 53.5 Å². The maximum absolute atomic E-state index is 13.3. The Hall–Kier alpha value is -1.52. The number of nitrogens with zero attached hydrogens (tertiary/aromatic N) is 2. The summed E-state index contributed by atoms with van der Waals surface area (Å²) < 4.78 is 3.17. The second-order valence-electron chi connectivity index (χ2n) is 8.78. The highest BCUT2D eigenvalue weighted by atomic mass is 35.6. The zero-order valence-corrected chi connectivity index (χ0v) is 21.0. The lowest BCUT2D eigenvalue weighted by molar-refractivity contribution is -0.179. The highest BCUT2D eigenvalue weighted by Gasteiger charge is 2.65. The number of imide groups is 1. The minimum Gasteiger partial charge on any atom is -0.460 e. The molecule has 1 aromatic rings. The molecule has 3 heterocycles. The number of benzene rings is 1. The predicted molar refractivity (Wildman–Crippen MR) is 124 cm³/mol. The number of ether oxygens (including phenoxy) is 1. The minimum absolute atomic E-state index is 0.00135. The third kappa shape index (κ3) is 4.01. The first kappa shape index (κ1) is 24.6. The van der Waals surface area contributed by atoms with Gasteiger partial charge in [0.1, 0.15) is 23.6 Å². The quantitative estimate of drug-likeness (QED) is 0.274. The van der Waals surface area contributed by atoms with Crippen LogP contribution in [-0.2, 0) is 14.3 Å². The van der Waals surface area contributed by atoms with Crippen LogP contribution in [0.5, 0.6) is 0 Å². The monoisotopic (exact) mass is 534 g/mol. The molecule has 3 aliphatic heterocycles. The lowest BCUT2D eigenvalue weighted by Crippen LogP contribution is -2.79. The summed E-state index contributed by atoms with van der Waals surface area (Å²) in [5, 5.41) is 10.1. The number of amides is 3. The van der Waals surface area contributed by atoms with E-state index in [1.807, 2.05) is 13.8 Å². The fourth-order valence-corrected chi connectivity index (χ4v) is 6.09. The zero-order valence-electron chi connectivity index (χ0n) is 17.9. The molecule has 1 N–H and O–H groups in total. The van der Waals surface area contributed by atoms with Crippen LogP contribution in [-0.4, -0.2) is 77.8 Å². The average Bonchev–Trinajstić information content (AvgIpc) is 2.96. The van der Waals surface area contributed by atoms with Crippen molar-refractivity contribution in [3.8, 4) is 0 Å². The Bertz CT molecular complexity index is 1060. The van der Waals surface area contributed by atoms with Crippen LogP contribution in [0.3, 0.4) is 0 Å². The van der Waals surface area contributed by atoms with E-state index in [1.165, 1.54) is 18.7 Å². The van der Waals surface area contributed by atoms with Crippen LogP contribution in [0, 0.1) is 0 Å². The lowest BCUT2D eigenvalue weighted by Gasteiger charge is -2.57. The third-order valence-electron chi connectivity index (χ3n) is 5.95. The molecule has 0 aliphatic carbocycles. The first-order valence-electron chi connectivity index (χ1n) is 10.2. The molecule has 178 valence electrons. The van der Waals surface area contributed by atoms with Gasteiger partial charge >= 0.3 is 5.97 Å². The smallest absolute Gasteiger partial charge is 0.332 e. The summed E-state index contributed by atoms with van der Waals surface area (Å²) in [6.07, 6.45) is 0. The molecule has 1 aromatic carbocycles. The van der Waals surface area contributed by atoms with Crippen LogP contribution in [0.25, 0.3) is 0 Å². The molecule has 0 spiro atoms. The highest BCUT2D eigenvalue weighted by molar-refractivity contribution is 8.00. The molecule has 12 heteroatoms. The Morgan fingerprint density at radius 3 is 2.55 bits per heavy atom. The van der Waals surface area contributed by atoms with Crippen molar-refractivity contribution in [1.82, 2.24) is 9.80 Å². The maximum Gasteiger partial charge on any atom is 0.332 e. The molecule has 33 heavy (non-hydrogen) atoms. The normalized spacial score (nSPS) is 29.2. The van der Waals surface area contributed by atoms with Crippen molar-refractivity contribution in [3.63, 3.8) is 0 Å². The summed E-state index contributed by atoms with van der Waals surface area (Å²) in [5.41, 5.74) is -0.345. The molecule has 2 saturated heterocycles. The SMILES string of the molecule is CC(C)c1cccc2c1C(=O)N(C1C(=O)N3C(C(=O)OCC(Cl)(Cl)Cl)[C@](C)(O)CS[C@@H]13)C2=O. The third-order valence-corrected chi connectivity index (χ3v) is 7.85. The molecule has 3 amide bonds. The number of hydrogen-bond donors (Lipinski definition) is 1. The van der Waals surface area contributed by atoms with Gasteiger partial charge in [-0.25, -0.2) is 4.79 Å². The number of carbonyl (C=O) groups is 4. The molecular formula is C21H21Cl3N2O6S. The van der Waals surface area contributed by atoms with E-state index in [-0.39, 0.29) is 17.2 Å². The number of β-lactam (4-membered cyclic amide) rings is 1. The van der Waals surface area contributed by atoms with E-state index in [0.29, 0.717) is 5.56 Å². The molecule has 2 unspecified atom stereocenters. The van der Waals surface area contributed by atoms with Gasteiger partial charge in [0.05, 0.1) is 11.1 Å². The van der Waals surface area contributed by atoms with Gasteiger partial charge in [-0.3, -0.25) is 19.3 Å². The van der Waals surface area contributed by atoms with E-state index in [0.717, 1.165) is 15.4 Å². The summed E-state index contributed by atoms with van der Waals surface area (Å²) >= 11 is 18.1. The Morgan fingerprint density at radius 1 is 1.27 bits per heavy atom. The van der Waals surface area contributed by atoms with E-state index in [4.69, 9.17) is 39.5 Å². The molecule has 2 fully saturated rings. The molecule has 4 atom stereocenters. The maximum atomic E-state index is 13.3. The number of halogens is 3. The standard InChI is InChI=1S/C21H21Cl3N2O6S/c1-9(2)10-5-4-6-11-12(10)16(28)25(15(11)27)13-17(29)26-14(19(30)32-7-21(22,23)24)20(3,31)8-33-18(13)26/h4-6,9,13-14,18,31H,7-8H2,1-3H3/t13?,14?,18-,20+/m0/s1. The van der Waals surface area contributed by atoms with Gasteiger partial charge in [-0.05, 0) is 24.5 Å². The Balaban J connectivity index is 1.62. The van der Waals surface area contributed by atoms with Gasteiger partial charge < -0.3 is 14.7 Å². The van der Waals surface area contributed by atoms with E-state index < -0.39 is 57.1 Å². The van der Waals surface area contributed by atoms with Gasteiger partial charge in [0, 0.05) is 5.75 Å².